The van der Waals surface area contributed by atoms with Crippen LogP contribution in [0.15, 0.2) is 64.2 Å². The van der Waals surface area contributed by atoms with Crippen molar-refractivity contribution in [1.82, 2.24) is 4.57 Å². The Hall–Kier alpha value is -2.37. The highest BCUT2D eigenvalue weighted by molar-refractivity contribution is 9.10. The summed E-state index contributed by atoms with van der Waals surface area (Å²) in [5.74, 6) is -0.515. The van der Waals surface area contributed by atoms with E-state index in [0.717, 1.165) is 40.0 Å². The number of oxime groups is 1. The fourth-order valence-electron chi connectivity index (χ4n) is 3.97. The average molecular weight is 486 g/mol. The Kier molecular flexibility index (Phi) is 5.60. The molecule has 0 saturated carbocycles. The standard InChI is InChI=1S/C24H22BrClN2O2/c1-15-11-20-21(27-30-23(29)16-5-4-6-18(26)12-16)13-24(2,3)14-22(20)28(15)19-9-7-17(25)8-10-19/h4-12H,13-14H2,1-3H3/b27-21+. The highest BCUT2D eigenvalue weighted by Crippen LogP contribution is 2.38. The van der Waals surface area contributed by atoms with Crippen LogP contribution in [0.5, 0.6) is 0 Å². The van der Waals surface area contributed by atoms with Crippen LogP contribution in [0.3, 0.4) is 0 Å². The van der Waals surface area contributed by atoms with Crippen molar-refractivity contribution < 1.29 is 9.63 Å². The molecule has 0 fully saturated rings. The van der Waals surface area contributed by atoms with Crippen LogP contribution in [0.1, 0.15) is 47.6 Å². The van der Waals surface area contributed by atoms with Crippen molar-refractivity contribution in [3.8, 4) is 5.69 Å². The fraction of sp³-hybridized carbons (Fsp3) is 0.250. The lowest BCUT2D eigenvalue weighted by Gasteiger charge is -2.31. The zero-order chi connectivity index (χ0) is 21.5. The van der Waals surface area contributed by atoms with Gasteiger partial charge in [-0.05, 0) is 73.7 Å². The number of hydrogen-bond acceptors (Lipinski definition) is 3. The summed E-state index contributed by atoms with van der Waals surface area (Å²) in [5, 5.41) is 4.78. The molecule has 0 unspecified atom stereocenters. The van der Waals surface area contributed by atoms with Gasteiger partial charge in [0, 0.05) is 32.1 Å². The number of aryl methyl sites for hydroxylation is 1. The Balaban J connectivity index is 1.71. The molecule has 0 atom stereocenters. The molecule has 1 heterocycles. The van der Waals surface area contributed by atoms with Gasteiger partial charge in [0.2, 0.25) is 0 Å². The van der Waals surface area contributed by atoms with Gasteiger partial charge in [-0.15, -0.1) is 0 Å². The second-order valence-electron chi connectivity index (χ2n) is 8.40. The number of fused-ring (bicyclic) bond motifs is 1. The van der Waals surface area contributed by atoms with Gasteiger partial charge in [0.05, 0.1) is 11.3 Å². The molecule has 1 aromatic heterocycles. The maximum Gasteiger partial charge on any atom is 0.365 e. The summed E-state index contributed by atoms with van der Waals surface area (Å²) in [5.41, 5.74) is 5.60. The molecule has 0 spiro atoms. The van der Waals surface area contributed by atoms with Crippen molar-refractivity contribution in [1.29, 1.82) is 0 Å². The molecule has 0 bridgehead atoms. The van der Waals surface area contributed by atoms with Gasteiger partial charge in [0.1, 0.15) is 0 Å². The molecule has 30 heavy (non-hydrogen) atoms. The Morgan fingerprint density at radius 3 is 2.57 bits per heavy atom. The minimum Gasteiger partial charge on any atom is -0.318 e. The van der Waals surface area contributed by atoms with E-state index in [4.69, 9.17) is 16.4 Å². The molecule has 4 rings (SSSR count). The number of hydrogen-bond donors (Lipinski definition) is 0. The zero-order valence-electron chi connectivity index (χ0n) is 17.1. The molecule has 0 radical (unpaired) electrons. The second-order valence-corrected chi connectivity index (χ2v) is 9.75. The molecule has 1 aliphatic carbocycles. The normalized spacial score (nSPS) is 16.4. The van der Waals surface area contributed by atoms with E-state index < -0.39 is 5.97 Å². The number of halogens is 2. The maximum absolute atomic E-state index is 12.4. The first kappa shape index (κ1) is 20.9. The van der Waals surface area contributed by atoms with E-state index in [9.17, 15) is 4.79 Å². The van der Waals surface area contributed by atoms with Crippen molar-refractivity contribution in [2.24, 2.45) is 10.6 Å². The minimum absolute atomic E-state index is 0.00774. The maximum atomic E-state index is 12.4. The van der Waals surface area contributed by atoms with E-state index >= 15 is 0 Å². The van der Waals surface area contributed by atoms with E-state index in [1.54, 1.807) is 24.3 Å². The third kappa shape index (κ3) is 4.23. The Morgan fingerprint density at radius 1 is 1.13 bits per heavy atom. The molecule has 0 aliphatic heterocycles. The van der Waals surface area contributed by atoms with Crippen molar-refractivity contribution in [2.75, 3.05) is 0 Å². The van der Waals surface area contributed by atoms with E-state index in [2.05, 4.69) is 64.6 Å². The molecular weight excluding hydrogens is 464 g/mol. The molecule has 154 valence electrons. The number of benzene rings is 2. The number of aromatic nitrogens is 1. The van der Waals surface area contributed by atoms with Crippen molar-refractivity contribution in [3.63, 3.8) is 0 Å². The zero-order valence-corrected chi connectivity index (χ0v) is 19.4. The van der Waals surface area contributed by atoms with E-state index in [1.165, 1.54) is 5.69 Å². The highest BCUT2D eigenvalue weighted by Gasteiger charge is 2.33. The largest absolute Gasteiger partial charge is 0.365 e. The topological polar surface area (TPSA) is 43.6 Å². The van der Waals surface area contributed by atoms with Gasteiger partial charge in [-0.1, -0.05) is 52.6 Å². The SMILES string of the molecule is Cc1cc2c(n1-c1ccc(Br)cc1)CC(C)(C)C/C2=N\OC(=O)c1cccc(Cl)c1. The van der Waals surface area contributed by atoms with E-state index in [0.29, 0.717) is 10.6 Å². The molecule has 4 nitrogen and oxygen atoms in total. The van der Waals surface area contributed by atoms with Crippen LogP contribution >= 0.6 is 27.5 Å². The summed E-state index contributed by atoms with van der Waals surface area (Å²) in [6, 6.07) is 17.1. The smallest absolute Gasteiger partial charge is 0.318 e. The third-order valence-corrected chi connectivity index (χ3v) is 6.04. The van der Waals surface area contributed by atoms with Crippen LogP contribution in [0.25, 0.3) is 5.69 Å². The molecule has 3 aromatic rings. The molecule has 0 saturated heterocycles. The van der Waals surface area contributed by atoms with Crippen LogP contribution in [0.4, 0.5) is 0 Å². The Bertz CT molecular complexity index is 1150. The quantitative estimate of drug-likeness (QED) is 0.305. The lowest BCUT2D eigenvalue weighted by molar-refractivity contribution is 0.0514. The van der Waals surface area contributed by atoms with Crippen LogP contribution in [-0.4, -0.2) is 16.2 Å². The third-order valence-electron chi connectivity index (χ3n) is 5.27. The van der Waals surface area contributed by atoms with Crippen LogP contribution in [0.2, 0.25) is 5.02 Å². The number of nitrogens with zero attached hydrogens (tertiary/aromatic N) is 2. The summed E-state index contributed by atoms with van der Waals surface area (Å²) in [4.78, 5) is 17.8. The summed E-state index contributed by atoms with van der Waals surface area (Å²) in [6.07, 6.45) is 1.64. The molecule has 6 heteroatoms. The predicted molar refractivity (Wildman–Crippen MR) is 124 cm³/mol. The molecule has 0 N–H and O–H groups in total. The lowest BCUT2D eigenvalue weighted by Crippen LogP contribution is -2.28. The lowest BCUT2D eigenvalue weighted by atomic mass is 9.76. The number of carbonyl (C=O) groups excluding carboxylic acids is 1. The summed E-state index contributed by atoms with van der Waals surface area (Å²) < 4.78 is 3.30. The molecule has 1 aliphatic rings. The summed E-state index contributed by atoms with van der Waals surface area (Å²) in [6.45, 7) is 6.50. The molecule has 0 amide bonds. The van der Waals surface area contributed by atoms with Gasteiger partial charge in [0.25, 0.3) is 0 Å². The first-order chi connectivity index (χ1) is 14.2. The van der Waals surface area contributed by atoms with Crippen LogP contribution < -0.4 is 0 Å². The van der Waals surface area contributed by atoms with Gasteiger partial charge in [0.15, 0.2) is 0 Å². The van der Waals surface area contributed by atoms with Gasteiger partial charge in [-0.2, -0.15) is 0 Å². The van der Waals surface area contributed by atoms with E-state index in [1.807, 2.05) is 12.1 Å². The van der Waals surface area contributed by atoms with Crippen molar-refractivity contribution in [2.45, 2.75) is 33.6 Å². The van der Waals surface area contributed by atoms with E-state index in [-0.39, 0.29) is 5.41 Å². The van der Waals surface area contributed by atoms with Gasteiger partial charge in [-0.25, -0.2) is 4.79 Å². The predicted octanol–water partition coefficient (Wildman–Crippen LogP) is 6.74. The second kappa shape index (κ2) is 8.05. The van der Waals surface area contributed by atoms with Gasteiger partial charge >= 0.3 is 5.97 Å². The number of rotatable bonds is 3. The van der Waals surface area contributed by atoms with Crippen LogP contribution in [-0.2, 0) is 11.3 Å². The van der Waals surface area contributed by atoms with Gasteiger partial charge < -0.3 is 9.40 Å². The molecule has 2 aromatic carbocycles. The summed E-state index contributed by atoms with van der Waals surface area (Å²) >= 11 is 9.48. The first-order valence-corrected chi connectivity index (χ1v) is 10.9. The average Bonchev–Trinajstić information content (AvgIpc) is 3.01. The fourth-order valence-corrected chi connectivity index (χ4v) is 4.43. The Labute approximate surface area is 189 Å². The van der Waals surface area contributed by atoms with Crippen LogP contribution in [0, 0.1) is 12.3 Å². The minimum atomic E-state index is -0.515. The monoisotopic (exact) mass is 484 g/mol. The highest BCUT2D eigenvalue weighted by atomic mass is 79.9. The number of carbonyl (C=O) groups is 1. The summed E-state index contributed by atoms with van der Waals surface area (Å²) in [7, 11) is 0. The van der Waals surface area contributed by atoms with Crippen molar-refractivity contribution >= 4 is 39.2 Å². The molecular formula is C24H22BrClN2O2. The first-order valence-electron chi connectivity index (χ1n) is 9.75. The Morgan fingerprint density at radius 2 is 1.87 bits per heavy atom. The van der Waals surface area contributed by atoms with Gasteiger partial charge in [-0.3, -0.25) is 0 Å². The van der Waals surface area contributed by atoms with Crippen molar-refractivity contribution in [3.05, 3.63) is 86.6 Å².